The standard InChI is InChI=1S/C15H25N3O2/c19-14-6-5-12(11-16-14)15(20)18-9-7-17(8-10-18)13-3-1-2-4-13/h12-13H,1-11H2,(H,16,19)/t12-/m1/s1. The van der Waals surface area contributed by atoms with E-state index in [2.05, 4.69) is 10.2 Å². The zero-order chi connectivity index (χ0) is 13.9. The van der Waals surface area contributed by atoms with Crippen LogP contribution in [0.4, 0.5) is 0 Å². The number of piperidine rings is 1. The monoisotopic (exact) mass is 279 g/mol. The van der Waals surface area contributed by atoms with Crippen molar-refractivity contribution in [3.63, 3.8) is 0 Å². The normalized spacial score (nSPS) is 29.5. The quantitative estimate of drug-likeness (QED) is 0.805. The van der Waals surface area contributed by atoms with Gasteiger partial charge < -0.3 is 10.2 Å². The number of carbonyl (C=O) groups is 2. The van der Waals surface area contributed by atoms with Crippen LogP contribution in [0, 0.1) is 5.92 Å². The van der Waals surface area contributed by atoms with E-state index in [4.69, 9.17) is 0 Å². The molecule has 0 aromatic heterocycles. The highest BCUT2D eigenvalue weighted by atomic mass is 16.2. The van der Waals surface area contributed by atoms with Crippen molar-refractivity contribution in [2.45, 2.75) is 44.6 Å². The zero-order valence-electron chi connectivity index (χ0n) is 12.1. The molecule has 0 unspecified atom stereocenters. The number of piperazine rings is 1. The summed E-state index contributed by atoms with van der Waals surface area (Å²) >= 11 is 0. The minimum absolute atomic E-state index is 0.00531. The Morgan fingerprint density at radius 2 is 1.75 bits per heavy atom. The summed E-state index contributed by atoms with van der Waals surface area (Å²) in [4.78, 5) is 28.2. The second-order valence-corrected chi connectivity index (χ2v) is 6.34. The number of rotatable bonds is 2. The van der Waals surface area contributed by atoms with Gasteiger partial charge in [-0.2, -0.15) is 0 Å². The average Bonchev–Trinajstić information content (AvgIpc) is 3.02. The van der Waals surface area contributed by atoms with Crippen LogP contribution in [-0.4, -0.2) is 60.4 Å². The molecule has 0 aromatic carbocycles. The van der Waals surface area contributed by atoms with Crippen molar-refractivity contribution in [1.82, 2.24) is 15.1 Å². The predicted octanol–water partition coefficient (Wildman–Crippen LogP) is 0.599. The molecule has 2 amide bonds. The Kier molecular flexibility index (Phi) is 4.24. The van der Waals surface area contributed by atoms with Crippen LogP contribution >= 0.6 is 0 Å². The first kappa shape index (κ1) is 13.9. The molecule has 2 saturated heterocycles. The van der Waals surface area contributed by atoms with Gasteiger partial charge in [0.15, 0.2) is 0 Å². The molecule has 0 radical (unpaired) electrons. The maximum absolute atomic E-state index is 12.4. The lowest BCUT2D eigenvalue weighted by atomic mass is 9.97. The molecular formula is C15H25N3O2. The second kappa shape index (κ2) is 6.12. The van der Waals surface area contributed by atoms with Crippen LogP contribution in [0.1, 0.15) is 38.5 Å². The predicted molar refractivity (Wildman–Crippen MR) is 76.1 cm³/mol. The van der Waals surface area contributed by atoms with E-state index in [1.165, 1.54) is 25.7 Å². The van der Waals surface area contributed by atoms with E-state index in [-0.39, 0.29) is 17.7 Å². The number of carbonyl (C=O) groups excluding carboxylic acids is 2. The topological polar surface area (TPSA) is 52.7 Å². The van der Waals surface area contributed by atoms with Gasteiger partial charge in [0.1, 0.15) is 0 Å². The van der Waals surface area contributed by atoms with Crippen LogP contribution in [0.15, 0.2) is 0 Å². The average molecular weight is 279 g/mol. The van der Waals surface area contributed by atoms with E-state index >= 15 is 0 Å². The highest BCUT2D eigenvalue weighted by molar-refractivity contribution is 5.83. The summed E-state index contributed by atoms with van der Waals surface area (Å²) in [6.07, 6.45) is 6.62. The summed E-state index contributed by atoms with van der Waals surface area (Å²) < 4.78 is 0. The van der Waals surface area contributed by atoms with Crippen LogP contribution in [0.5, 0.6) is 0 Å². The molecular weight excluding hydrogens is 254 g/mol. The van der Waals surface area contributed by atoms with E-state index in [0.717, 1.165) is 32.2 Å². The first-order chi connectivity index (χ1) is 9.74. The van der Waals surface area contributed by atoms with Gasteiger partial charge >= 0.3 is 0 Å². The third kappa shape index (κ3) is 2.97. The van der Waals surface area contributed by atoms with Crippen molar-refractivity contribution in [2.24, 2.45) is 5.92 Å². The fourth-order valence-electron chi connectivity index (χ4n) is 3.78. The fourth-order valence-corrected chi connectivity index (χ4v) is 3.78. The third-order valence-electron chi connectivity index (χ3n) is 5.08. The maximum Gasteiger partial charge on any atom is 0.227 e. The minimum atomic E-state index is 0.00531. The van der Waals surface area contributed by atoms with E-state index in [9.17, 15) is 9.59 Å². The van der Waals surface area contributed by atoms with E-state index < -0.39 is 0 Å². The van der Waals surface area contributed by atoms with Gasteiger partial charge in [-0.3, -0.25) is 14.5 Å². The molecule has 1 saturated carbocycles. The van der Waals surface area contributed by atoms with Gasteiger partial charge in [-0.15, -0.1) is 0 Å². The van der Waals surface area contributed by atoms with Crippen LogP contribution < -0.4 is 5.32 Å². The number of nitrogens with zero attached hydrogens (tertiary/aromatic N) is 2. The molecule has 0 spiro atoms. The number of hydrogen-bond acceptors (Lipinski definition) is 3. The van der Waals surface area contributed by atoms with Gasteiger partial charge in [-0.05, 0) is 19.3 Å². The van der Waals surface area contributed by atoms with E-state index in [1.807, 2.05) is 4.90 Å². The Bertz CT molecular complexity index is 361. The summed E-state index contributed by atoms with van der Waals surface area (Å²) in [6.45, 7) is 4.30. The molecule has 3 fully saturated rings. The zero-order valence-corrected chi connectivity index (χ0v) is 12.1. The number of amides is 2. The SMILES string of the molecule is O=C1CC[C@@H](C(=O)N2CCN(C3CCCC3)CC2)CN1. The van der Waals surface area contributed by atoms with Gasteiger partial charge in [0.05, 0.1) is 5.92 Å². The molecule has 5 nitrogen and oxygen atoms in total. The summed E-state index contributed by atoms with van der Waals surface area (Å²) in [5, 5.41) is 2.81. The largest absolute Gasteiger partial charge is 0.355 e. The molecule has 2 heterocycles. The molecule has 0 bridgehead atoms. The molecule has 20 heavy (non-hydrogen) atoms. The molecule has 1 aliphatic carbocycles. The van der Waals surface area contributed by atoms with Gasteiger partial charge in [-0.1, -0.05) is 12.8 Å². The van der Waals surface area contributed by atoms with Crippen LogP contribution in [0.2, 0.25) is 0 Å². The first-order valence-corrected chi connectivity index (χ1v) is 8.03. The molecule has 0 aromatic rings. The molecule has 1 atom stereocenters. The van der Waals surface area contributed by atoms with Crippen molar-refractivity contribution in [3.05, 3.63) is 0 Å². The molecule has 1 N–H and O–H groups in total. The summed E-state index contributed by atoms with van der Waals surface area (Å²) in [6, 6.07) is 0.765. The Labute approximate surface area is 120 Å². The Balaban J connectivity index is 1.47. The molecule has 3 rings (SSSR count). The van der Waals surface area contributed by atoms with Gasteiger partial charge in [0, 0.05) is 45.2 Å². The second-order valence-electron chi connectivity index (χ2n) is 6.34. The van der Waals surface area contributed by atoms with E-state index in [0.29, 0.717) is 19.4 Å². The Morgan fingerprint density at radius 1 is 1.05 bits per heavy atom. The lowest BCUT2D eigenvalue weighted by Crippen LogP contribution is -2.54. The van der Waals surface area contributed by atoms with Gasteiger partial charge in [0.2, 0.25) is 11.8 Å². The first-order valence-electron chi connectivity index (χ1n) is 8.03. The molecule has 3 aliphatic rings. The van der Waals surface area contributed by atoms with Crippen molar-refractivity contribution >= 4 is 11.8 Å². The van der Waals surface area contributed by atoms with Crippen molar-refractivity contribution in [1.29, 1.82) is 0 Å². The lowest BCUT2D eigenvalue weighted by Gasteiger charge is -2.39. The van der Waals surface area contributed by atoms with Crippen LogP contribution in [0.3, 0.4) is 0 Å². The van der Waals surface area contributed by atoms with Crippen molar-refractivity contribution in [3.8, 4) is 0 Å². The highest BCUT2D eigenvalue weighted by Crippen LogP contribution is 2.25. The van der Waals surface area contributed by atoms with E-state index in [1.54, 1.807) is 0 Å². The minimum Gasteiger partial charge on any atom is -0.355 e. The van der Waals surface area contributed by atoms with Crippen molar-refractivity contribution < 1.29 is 9.59 Å². The smallest absolute Gasteiger partial charge is 0.227 e. The number of hydrogen-bond donors (Lipinski definition) is 1. The van der Waals surface area contributed by atoms with Gasteiger partial charge in [-0.25, -0.2) is 0 Å². The Hall–Kier alpha value is -1.10. The summed E-state index contributed by atoms with van der Waals surface area (Å²) in [5.41, 5.74) is 0. The Morgan fingerprint density at radius 3 is 2.35 bits per heavy atom. The number of nitrogens with one attached hydrogen (secondary N) is 1. The molecule has 112 valence electrons. The summed E-state index contributed by atoms with van der Waals surface area (Å²) in [7, 11) is 0. The molecule has 2 aliphatic heterocycles. The maximum atomic E-state index is 12.4. The lowest BCUT2D eigenvalue weighted by molar-refractivity contribution is -0.139. The van der Waals surface area contributed by atoms with Crippen LogP contribution in [0.25, 0.3) is 0 Å². The van der Waals surface area contributed by atoms with Gasteiger partial charge in [0.25, 0.3) is 0 Å². The fraction of sp³-hybridized carbons (Fsp3) is 0.867. The molecule has 5 heteroatoms. The highest BCUT2D eigenvalue weighted by Gasteiger charge is 2.32. The van der Waals surface area contributed by atoms with Crippen LogP contribution in [-0.2, 0) is 9.59 Å². The third-order valence-corrected chi connectivity index (χ3v) is 5.08. The summed E-state index contributed by atoms with van der Waals surface area (Å²) in [5.74, 6) is 0.335. The van der Waals surface area contributed by atoms with Crippen molar-refractivity contribution in [2.75, 3.05) is 32.7 Å².